The van der Waals surface area contributed by atoms with Crippen LogP contribution in [0, 0.1) is 22.4 Å². The molecular formula is C16H14N2O6. The van der Waals surface area contributed by atoms with Crippen molar-refractivity contribution in [3.05, 3.63) is 67.8 Å². The van der Waals surface area contributed by atoms with Gasteiger partial charge in [0, 0.05) is 11.0 Å². The summed E-state index contributed by atoms with van der Waals surface area (Å²) in [6, 6.07) is 6.49. The minimum absolute atomic E-state index is 0.0449. The molecule has 0 bridgehead atoms. The van der Waals surface area contributed by atoms with Crippen LogP contribution in [0.1, 0.15) is 22.8 Å². The molecule has 0 saturated heterocycles. The zero-order chi connectivity index (χ0) is 17.4. The van der Waals surface area contributed by atoms with Crippen LogP contribution in [0.2, 0.25) is 0 Å². The van der Waals surface area contributed by atoms with Crippen LogP contribution in [-0.4, -0.2) is 24.0 Å². The van der Waals surface area contributed by atoms with Gasteiger partial charge in [0.25, 0.3) is 11.9 Å². The van der Waals surface area contributed by atoms with Crippen molar-refractivity contribution in [3.63, 3.8) is 0 Å². The second-order valence-electron chi connectivity index (χ2n) is 5.37. The van der Waals surface area contributed by atoms with Crippen molar-refractivity contribution in [3.8, 4) is 11.5 Å². The largest absolute Gasteiger partial charge is 0.497 e. The van der Waals surface area contributed by atoms with Crippen molar-refractivity contribution < 1.29 is 18.8 Å². The Morgan fingerprint density at radius 2 is 1.96 bits per heavy atom. The van der Waals surface area contributed by atoms with Crippen molar-refractivity contribution >= 4 is 5.90 Å². The van der Waals surface area contributed by atoms with Crippen molar-refractivity contribution in [2.75, 3.05) is 7.11 Å². The van der Waals surface area contributed by atoms with Gasteiger partial charge in [-0.3, -0.25) is 15.5 Å². The van der Waals surface area contributed by atoms with Crippen LogP contribution in [0.4, 0.5) is 0 Å². The Hall–Kier alpha value is -3.16. The average molecular weight is 330 g/mol. The van der Waals surface area contributed by atoms with Crippen molar-refractivity contribution in [2.45, 2.75) is 18.9 Å². The Bertz CT molecular complexity index is 871. The summed E-state index contributed by atoms with van der Waals surface area (Å²) in [5.74, 6) is -0.487. The van der Waals surface area contributed by atoms with Gasteiger partial charge in [-0.1, -0.05) is 12.1 Å². The molecule has 0 aliphatic carbocycles. The molecule has 24 heavy (non-hydrogen) atoms. The number of hydrogen-bond acceptors (Lipinski definition) is 7. The number of aryl methyl sites for hydroxylation is 1. The van der Waals surface area contributed by atoms with E-state index in [2.05, 4.69) is 0 Å². The number of ether oxygens (including phenoxy) is 2. The molecule has 1 N–H and O–H groups in total. The summed E-state index contributed by atoms with van der Waals surface area (Å²) >= 11 is 0. The van der Waals surface area contributed by atoms with Crippen LogP contribution in [0.15, 0.2) is 39.5 Å². The van der Waals surface area contributed by atoms with Crippen LogP contribution >= 0.6 is 0 Å². The zero-order valence-electron chi connectivity index (χ0n) is 12.9. The highest BCUT2D eigenvalue weighted by Gasteiger charge is 2.47. The fraction of sp³-hybridized carbons (Fsp3) is 0.250. The lowest BCUT2D eigenvalue weighted by molar-refractivity contribution is -0.508. The molecule has 8 nitrogen and oxygen atoms in total. The third-order valence-electron chi connectivity index (χ3n) is 3.89. The van der Waals surface area contributed by atoms with Gasteiger partial charge in [-0.15, -0.1) is 0 Å². The summed E-state index contributed by atoms with van der Waals surface area (Å²) < 4.78 is 15.4. The van der Waals surface area contributed by atoms with E-state index < -0.39 is 28.4 Å². The summed E-state index contributed by atoms with van der Waals surface area (Å²) in [4.78, 5) is 23.2. The van der Waals surface area contributed by atoms with E-state index in [1.54, 1.807) is 31.2 Å². The van der Waals surface area contributed by atoms with Crippen LogP contribution in [0.3, 0.4) is 0 Å². The fourth-order valence-electron chi connectivity index (χ4n) is 2.82. The molecule has 0 spiro atoms. The molecular weight excluding hydrogens is 316 g/mol. The van der Waals surface area contributed by atoms with E-state index >= 15 is 0 Å². The smallest absolute Gasteiger partial charge is 0.343 e. The van der Waals surface area contributed by atoms with E-state index in [4.69, 9.17) is 19.3 Å². The lowest BCUT2D eigenvalue weighted by atomic mass is 9.83. The maximum absolute atomic E-state index is 12.3. The molecule has 1 aliphatic heterocycles. The van der Waals surface area contributed by atoms with Gasteiger partial charge < -0.3 is 13.9 Å². The summed E-state index contributed by atoms with van der Waals surface area (Å²) in [6.45, 7) is 1.57. The Labute approximate surface area is 136 Å². The first-order valence-electron chi connectivity index (χ1n) is 7.10. The van der Waals surface area contributed by atoms with Crippen molar-refractivity contribution in [1.29, 1.82) is 5.41 Å². The van der Waals surface area contributed by atoms with Gasteiger partial charge in [-0.05, 0) is 24.6 Å². The zero-order valence-corrected chi connectivity index (χ0v) is 12.9. The predicted molar refractivity (Wildman–Crippen MR) is 83.7 cm³/mol. The maximum Gasteiger partial charge on any atom is 0.343 e. The summed E-state index contributed by atoms with van der Waals surface area (Å²) in [5.41, 5.74) is -0.156. The topological polar surface area (TPSA) is 116 Å². The highest BCUT2D eigenvalue weighted by atomic mass is 16.6. The van der Waals surface area contributed by atoms with Crippen molar-refractivity contribution in [1.82, 2.24) is 0 Å². The third kappa shape index (κ3) is 2.51. The number of nitro groups is 1. The number of hydrogen-bond donors (Lipinski definition) is 1. The minimum Gasteiger partial charge on any atom is -0.497 e. The first-order valence-corrected chi connectivity index (χ1v) is 7.10. The molecule has 2 atom stereocenters. The number of nitrogens with one attached hydrogen (secondary N) is 1. The lowest BCUT2D eigenvalue weighted by Crippen LogP contribution is -2.44. The number of benzene rings is 1. The molecule has 2 aromatic rings. The van der Waals surface area contributed by atoms with Crippen LogP contribution in [-0.2, 0) is 0 Å². The molecule has 3 rings (SSSR count). The average Bonchev–Trinajstić information content (AvgIpc) is 2.53. The molecule has 124 valence electrons. The van der Waals surface area contributed by atoms with Gasteiger partial charge in [0.15, 0.2) is 0 Å². The van der Waals surface area contributed by atoms with E-state index in [1.165, 1.54) is 13.2 Å². The van der Waals surface area contributed by atoms with Gasteiger partial charge >= 0.3 is 5.63 Å². The van der Waals surface area contributed by atoms with Crippen LogP contribution in [0.25, 0.3) is 0 Å². The van der Waals surface area contributed by atoms with Gasteiger partial charge in [-0.2, -0.15) is 0 Å². The molecule has 1 aromatic carbocycles. The SMILES string of the molecule is COc1ccc(C2c3c(cc(C)oc3=O)OC(=N)C2[N+](=O)[O-])cc1. The number of methoxy groups -OCH3 is 1. The number of nitrogens with zero attached hydrogens (tertiary/aromatic N) is 1. The summed E-state index contributed by atoms with van der Waals surface area (Å²) in [6.07, 6.45) is 0. The number of rotatable bonds is 3. The fourth-order valence-corrected chi connectivity index (χ4v) is 2.82. The van der Waals surface area contributed by atoms with E-state index in [-0.39, 0.29) is 11.3 Å². The first kappa shape index (κ1) is 15.7. The molecule has 0 amide bonds. The van der Waals surface area contributed by atoms with Crippen molar-refractivity contribution in [2.24, 2.45) is 0 Å². The van der Waals surface area contributed by atoms with Gasteiger partial charge in [-0.25, -0.2) is 4.79 Å². The highest BCUT2D eigenvalue weighted by molar-refractivity contribution is 5.84. The number of fused-ring (bicyclic) bond motifs is 1. The quantitative estimate of drug-likeness (QED) is 0.680. The van der Waals surface area contributed by atoms with E-state index in [0.29, 0.717) is 17.1 Å². The van der Waals surface area contributed by atoms with E-state index in [9.17, 15) is 14.9 Å². The molecule has 0 radical (unpaired) electrons. The lowest BCUT2D eigenvalue weighted by Gasteiger charge is -2.27. The minimum atomic E-state index is -1.50. The second kappa shape index (κ2) is 5.80. The molecule has 8 heteroatoms. The Balaban J connectivity index is 2.24. The molecule has 0 fully saturated rings. The van der Waals surface area contributed by atoms with E-state index in [0.717, 1.165) is 0 Å². The van der Waals surface area contributed by atoms with Gasteiger partial charge in [0.1, 0.15) is 17.3 Å². The first-order chi connectivity index (χ1) is 11.4. The van der Waals surface area contributed by atoms with Crippen LogP contribution < -0.4 is 15.1 Å². The second-order valence-corrected chi connectivity index (χ2v) is 5.37. The molecule has 2 heterocycles. The van der Waals surface area contributed by atoms with E-state index in [1.807, 2.05) is 0 Å². The normalized spacial score (nSPS) is 19.3. The Morgan fingerprint density at radius 1 is 1.29 bits per heavy atom. The Kier molecular flexibility index (Phi) is 3.80. The highest BCUT2D eigenvalue weighted by Crippen LogP contribution is 2.38. The molecule has 0 saturated carbocycles. The van der Waals surface area contributed by atoms with Gasteiger partial charge in [0.05, 0.1) is 18.6 Å². The maximum atomic E-state index is 12.3. The van der Waals surface area contributed by atoms with Crippen LogP contribution in [0.5, 0.6) is 11.5 Å². The monoisotopic (exact) mass is 330 g/mol. The van der Waals surface area contributed by atoms with Gasteiger partial charge in [0.2, 0.25) is 0 Å². The molecule has 2 unspecified atom stereocenters. The molecule has 1 aromatic heterocycles. The Morgan fingerprint density at radius 3 is 2.54 bits per heavy atom. The molecule has 1 aliphatic rings. The standard InChI is InChI=1S/C16H14N2O6/c1-8-7-11-13(16(19)23-8)12(14(18(20)21)15(17)24-11)9-3-5-10(22-2)6-4-9/h3-7,12,14,17H,1-2H3. The summed E-state index contributed by atoms with van der Waals surface area (Å²) in [5, 5.41) is 19.4. The predicted octanol–water partition coefficient (Wildman–Crippen LogP) is 2.10. The third-order valence-corrected chi connectivity index (χ3v) is 3.89. The summed E-state index contributed by atoms with van der Waals surface area (Å²) in [7, 11) is 1.51.